The maximum Gasteiger partial charge on any atom is 0.153 e. The van der Waals surface area contributed by atoms with Crippen LogP contribution in [0.4, 0.5) is 0 Å². The van der Waals surface area contributed by atoms with Gasteiger partial charge in [0.1, 0.15) is 0 Å². The molecule has 1 aromatic rings. The van der Waals surface area contributed by atoms with E-state index in [1.807, 2.05) is 6.07 Å². The Balaban J connectivity index is 0.00000242. The van der Waals surface area contributed by atoms with Crippen molar-refractivity contribution in [2.24, 2.45) is 11.7 Å². The van der Waals surface area contributed by atoms with Gasteiger partial charge in [0.05, 0.1) is 11.0 Å². The fourth-order valence-electron chi connectivity index (χ4n) is 2.95. The third-order valence-electron chi connectivity index (χ3n) is 4.46. The predicted molar refractivity (Wildman–Crippen MR) is 94.3 cm³/mol. The van der Waals surface area contributed by atoms with Gasteiger partial charge in [-0.3, -0.25) is 0 Å². The summed E-state index contributed by atoms with van der Waals surface area (Å²) >= 11 is 0. The summed E-state index contributed by atoms with van der Waals surface area (Å²) in [6.07, 6.45) is 0. The van der Waals surface area contributed by atoms with E-state index >= 15 is 0 Å². The average Bonchev–Trinajstić information content (AvgIpc) is 2.89. The quantitative estimate of drug-likeness (QED) is 0.854. The number of sulfone groups is 1. The van der Waals surface area contributed by atoms with Crippen LogP contribution in [0.5, 0.6) is 0 Å². The van der Waals surface area contributed by atoms with Gasteiger partial charge in [0.15, 0.2) is 9.84 Å². The number of benzene rings is 1. The van der Waals surface area contributed by atoms with Gasteiger partial charge in [-0.2, -0.15) is 0 Å². The Morgan fingerprint density at radius 1 is 1.23 bits per heavy atom. The van der Waals surface area contributed by atoms with Crippen LogP contribution >= 0.6 is 12.4 Å². The zero-order chi connectivity index (χ0) is 15.5. The first-order chi connectivity index (χ1) is 9.94. The fraction of sp³-hybridized carbons (Fsp3) is 0.625. The first-order valence-electron chi connectivity index (χ1n) is 7.63. The van der Waals surface area contributed by atoms with E-state index in [2.05, 4.69) is 29.2 Å². The number of halogens is 1. The molecular weight excluding hydrogens is 320 g/mol. The van der Waals surface area contributed by atoms with E-state index in [9.17, 15) is 8.42 Å². The molecule has 6 heteroatoms. The lowest BCUT2D eigenvalue weighted by Gasteiger charge is -2.17. The van der Waals surface area contributed by atoms with Gasteiger partial charge in [-0.1, -0.05) is 30.3 Å². The smallest absolute Gasteiger partial charge is 0.153 e. The molecule has 4 nitrogen and oxygen atoms in total. The van der Waals surface area contributed by atoms with Crippen molar-refractivity contribution >= 4 is 22.2 Å². The highest BCUT2D eigenvalue weighted by molar-refractivity contribution is 7.92. The molecule has 126 valence electrons. The first kappa shape index (κ1) is 19.4. The van der Waals surface area contributed by atoms with E-state index in [1.54, 1.807) is 13.8 Å². The minimum absolute atomic E-state index is 0. The van der Waals surface area contributed by atoms with Crippen LogP contribution in [-0.2, 0) is 9.84 Å². The molecule has 2 rings (SSSR count). The maximum absolute atomic E-state index is 11.9. The number of rotatable bonds is 6. The summed E-state index contributed by atoms with van der Waals surface area (Å²) in [6.45, 7) is 6.54. The molecule has 0 unspecified atom stereocenters. The van der Waals surface area contributed by atoms with Crippen LogP contribution < -0.4 is 5.73 Å². The van der Waals surface area contributed by atoms with Crippen molar-refractivity contribution in [2.75, 3.05) is 31.9 Å². The van der Waals surface area contributed by atoms with Crippen LogP contribution in [0, 0.1) is 5.92 Å². The second-order valence-electron chi connectivity index (χ2n) is 6.19. The number of hydrogen-bond donors (Lipinski definition) is 1. The molecule has 22 heavy (non-hydrogen) atoms. The van der Waals surface area contributed by atoms with Crippen LogP contribution in [0.1, 0.15) is 25.3 Å². The van der Waals surface area contributed by atoms with Crippen LogP contribution in [0.3, 0.4) is 0 Å². The average molecular weight is 347 g/mol. The summed E-state index contributed by atoms with van der Waals surface area (Å²) < 4.78 is 23.9. The zero-order valence-corrected chi connectivity index (χ0v) is 14.9. The molecule has 1 heterocycles. The molecule has 0 aliphatic carbocycles. The molecule has 1 aliphatic rings. The minimum Gasteiger partial charge on any atom is -0.330 e. The largest absolute Gasteiger partial charge is 0.330 e. The van der Waals surface area contributed by atoms with E-state index in [1.165, 1.54) is 5.56 Å². The van der Waals surface area contributed by atoms with Crippen molar-refractivity contribution in [3.8, 4) is 0 Å². The molecule has 1 saturated heterocycles. The van der Waals surface area contributed by atoms with Gasteiger partial charge in [0, 0.05) is 25.6 Å². The Morgan fingerprint density at radius 3 is 2.41 bits per heavy atom. The van der Waals surface area contributed by atoms with Gasteiger partial charge in [0.25, 0.3) is 0 Å². The van der Waals surface area contributed by atoms with Crippen molar-refractivity contribution in [1.29, 1.82) is 0 Å². The molecule has 0 amide bonds. The topological polar surface area (TPSA) is 63.4 Å². The standard InChI is InChI=1S/C16H26N2O2S.ClH/c1-13(2)21(19,20)9-8-18-11-15(10-17)16(12-18)14-6-4-3-5-7-14;/h3-7,13,15-16H,8-12,17H2,1-2H3;1H/t15-,16+;/m1./s1. The molecule has 0 saturated carbocycles. The monoisotopic (exact) mass is 346 g/mol. The number of nitrogens with zero attached hydrogens (tertiary/aromatic N) is 1. The lowest BCUT2D eigenvalue weighted by Crippen LogP contribution is -2.31. The lowest BCUT2D eigenvalue weighted by atomic mass is 9.89. The number of likely N-dealkylation sites (tertiary alicyclic amines) is 1. The Hall–Kier alpha value is -0.620. The first-order valence-corrected chi connectivity index (χ1v) is 9.34. The molecule has 1 aliphatic heterocycles. The van der Waals surface area contributed by atoms with Gasteiger partial charge in [-0.25, -0.2) is 8.42 Å². The third-order valence-corrected chi connectivity index (χ3v) is 6.65. The highest BCUT2D eigenvalue weighted by Gasteiger charge is 2.33. The third kappa shape index (κ3) is 4.69. The highest BCUT2D eigenvalue weighted by Crippen LogP contribution is 2.31. The van der Waals surface area contributed by atoms with Crippen LogP contribution in [-0.4, -0.2) is 50.5 Å². The predicted octanol–water partition coefficient (Wildman–Crippen LogP) is 1.91. The van der Waals surface area contributed by atoms with E-state index < -0.39 is 9.84 Å². The van der Waals surface area contributed by atoms with E-state index in [0.29, 0.717) is 24.9 Å². The lowest BCUT2D eigenvalue weighted by molar-refractivity contribution is 0.343. The summed E-state index contributed by atoms with van der Waals surface area (Å²) in [5, 5.41) is -0.296. The fourth-order valence-corrected chi connectivity index (χ4v) is 3.94. The molecule has 1 fully saturated rings. The molecule has 2 N–H and O–H groups in total. The van der Waals surface area contributed by atoms with Gasteiger partial charge >= 0.3 is 0 Å². The van der Waals surface area contributed by atoms with Crippen molar-refractivity contribution in [2.45, 2.75) is 25.0 Å². The van der Waals surface area contributed by atoms with Gasteiger partial charge in [-0.15, -0.1) is 12.4 Å². The van der Waals surface area contributed by atoms with Crippen molar-refractivity contribution in [3.05, 3.63) is 35.9 Å². The van der Waals surface area contributed by atoms with Gasteiger partial charge < -0.3 is 10.6 Å². The summed E-state index contributed by atoms with van der Waals surface area (Å²) in [4.78, 5) is 2.25. The van der Waals surface area contributed by atoms with E-state index in [4.69, 9.17) is 5.73 Å². The summed E-state index contributed by atoms with van der Waals surface area (Å²) in [6, 6.07) is 10.4. The second-order valence-corrected chi connectivity index (χ2v) is 8.87. The van der Waals surface area contributed by atoms with Crippen molar-refractivity contribution in [3.63, 3.8) is 0 Å². The molecular formula is C16H27ClN2O2S. The van der Waals surface area contributed by atoms with Crippen molar-refractivity contribution < 1.29 is 8.42 Å². The molecule has 0 aromatic heterocycles. The molecule has 1 aromatic carbocycles. The number of hydrogen-bond acceptors (Lipinski definition) is 4. The molecule has 0 bridgehead atoms. The van der Waals surface area contributed by atoms with E-state index in [-0.39, 0.29) is 23.4 Å². The SMILES string of the molecule is CC(C)S(=O)(=O)CCN1C[C@@H](CN)[C@H](c2ccccc2)C1.Cl. The molecule has 0 spiro atoms. The van der Waals surface area contributed by atoms with E-state index in [0.717, 1.165) is 13.1 Å². The minimum atomic E-state index is -2.96. The van der Waals surface area contributed by atoms with Gasteiger partial charge in [0.2, 0.25) is 0 Å². The Morgan fingerprint density at radius 2 is 1.86 bits per heavy atom. The van der Waals surface area contributed by atoms with Gasteiger partial charge in [-0.05, 0) is 31.9 Å². The number of nitrogens with two attached hydrogens (primary N) is 1. The Kier molecular flexibility index (Phi) is 7.32. The molecule has 0 radical (unpaired) electrons. The maximum atomic E-state index is 11.9. The van der Waals surface area contributed by atoms with Crippen molar-refractivity contribution in [1.82, 2.24) is 4.90 Å². The highest BCUT2D eigenvalue weighted by atomic mass is 35.5. The summed E-state index contributed by atoms with van der Waals surface area (Å²) in [5.74, 6) is 1.07. The van der Waals surface area contributed by atoms with Crippen LogP contribution in [0.2, 0.25) is 0 Å². The summed E-state index contributed by atoms with van der Waals surface area (Å²) in [7, 11) is -2.96. The summed E-state index contributed by atoms with van der Waals surface area (Å²) in [5.41, 5.74) is 7.22. The second kappa shape index (κ2) is 8.29. The Labute approximate surface area is 140 Å². The van der Waals surface area contributed by atoms with Crippen LogP contribution in [0.25, 0.3) is 0 Å². The zero-order valence-electron chi connectivity index (χ0n) is 13.3. The van der Waals surface area contributed by atoms with Crippen LogP contribution in [0.15, 0.2) is 30.3 Å². The normalized spacial score (nSPS) is 22.7. The Bertz CT molecular complexity index is 549. The molecule has 2 atom stereocenters.